The van der Waals surface area contributed by atoms with Crippen LogP contribution in [0.3, 0.4) is 0 Å². The molecule has 0 amide bonds. The lowest BCUT2D eigenvalue weighted by molar-refractivity contribution is -0.211. The van der Waals surface area contributed by atoms with Gasteiger partial charge in [0.25, 0.3) is 0 Å². The SMILES string of the molecule is COC(=O)[C@]12CC[C@@H](C(C)=O)[C@@H]1[C@H]1CC[C@@H]3[C@@]4(C)c5c([nH]c6ccccc6c5=O)C(C)(C)[C@@H]4CC[C@@]3(C)[C@]1(C)CC2. The number of pyridine rings is 1. The Morgan fingerprint density at radius 1 is 0.878 bits per heavy atom. The largest absolute Gasteiger partial charge is 0.469 e. The van der Waals surface area contributed by atoms with Crippen LogP contribution in [0.5, 0.6) is 0 Å². The molecule has 0 bridgehead atoms. The summed E-state index contributed by atoms with van der Waals surface area (Å²) in [7, 11) is 1.52. The van der Waals surface area contributed by atoms with Crippen LogP contribution in [0.15, 0.2) is 29.1 Å². The van der Waals surface area contributed by atoms with Gasteiger partial charge in [-0.15, -0.1) is 0 Å². The summed E-state index contributed by atoms with van der Waals surface area (Å²) in [6.07, 6.45) is 7.59. The zero-order chi connectivity index (χ0) is 29.3. The average molecular weight is 558 g/mol. The summed E-state index contributed by atoms with van der Waals surface area (Å²) >= 11 is 0. The highest BCUT2D eigenvalue weighted by Crippen LogP contribution is 2.77. The van der Waals surface area contributed by atoms with Gasteiger partial charge in [0.15, 0.2) is 5.43 Å². The van der Waals surface area contributed by atoms with E-state index in [9.17, 15) is 14.4 Å². The maximum Gasteiger partial charge on any atom is 0.312 e. The molecule has 1 aromatic carbocycles. The monoisotopic (exact) mass is 557 g/mol. The predicted octanol–water partition coefficient (Wildman–Crippen LogP) is 7.09. The van der Waals surface area contributed by atoms with E-state index in [4.69, 9.17) is 4.74 Å². The minimum atomic E-state index is -0.530. The van der Waals surface area contributed by atoms with Crippen molar-refractivity contribution in [2.75, 3.05) is 7.11 Å². The number of nitrogens with one attached hydrogen (secondary N) is 1. The summed E-state index contributed by atoms with van der Waals surface area (Å²) < 4.78 is 5.46. The van der Waals surface area contributed by atoms with E-state index in [0.29, 0.717) is 17.8 Å². The minimum absolute atomic E-state index is 0.00313. The molecule has 2 aromatic rings. The first-order valence-electron chi connectivity index (χ1n) is 16.0. The van der Waals surface area contributed by atoms with Gasteiger partial charge in [0.2, 0.25) is 0 Å². The first-order valence-corrected chi connectivity index (χ1v) is 16.0. The smallest absolute Gasteiger partial charge is 0.312 e. The van der Waals surface area contributed by atoms with Gasteiger partial charge < -0.3 is 9.72 Å². The van der Waals surface area contributed by atoms with Crippen molar-refractivity contribution in [3.05, 3.63) is 45.7 Å². The van der Waals surface area contributed by atoms with E-state index < -0.39 is 5.41 Å². The average Bonchev–Trinajstić information content (AvgIpc) is 3.41. The van der Waals surface area contributed by atoms with Crippen molar-refractivity contribution in [2.45, 2.75) is 104 Å². The normalized spacial score (nSPS) is 43.8. The van der Waals surface area contributed by atoms with E-state index in [2.05, 4.69) is 39.6 Å². The molecule has 1 N–H and O–H groups in total. The van der Waals surface area contributed by atoms with E-state index in [-0.39, 0.29) is 50.7 Å². The van der Waals surface area contributed by atoms with Gasteiger partial charge in [-0.1, -0.05) is 46.8 Å². The lowest BCUT2D eigenvalue weighted by atomic mass is 9.34. The van der Waals surface area contributed by atoms with E-state index in [1.807, 2.05) is 24.3 Å². The zero-order valence-electron chi connectivity index (χ0n) is 26.0. The van der Waals surface area contributed by atoms with Crippen molar-refractivity contribution in [1.29, 1.82) is 0 Å². The maximum atomic E-state index is 14.4. The highest BCUT2D eigenvalue weighted by atomic mass is 16.5. The van der Waals surface area contributed by atoms with Crippen molar-refractivity contribution in [2.24, 2.45) is 45.8 Å². The van der Waals surface area contributed by atoms with Gasteiger partial charge in [0.05, 0.1) is 12.5 Å². The maximum absolute atomic E-state index is 14.4. The molecule has 7 rings (SSSR count). The summed E-state index contributed by atoms with van der Waals surface area (Å²) in [5, 5.41) is 0.798. The molecule has 5 nitrogen and oxygen atoms in total. The molecule has 4 saturated carbocycles. The van der Waals surface area contributed by atoms with Crippen LogP contribution in [0.1, 0.15) is 104 Å². The molecule has 220 valence electrons. The number of ether oxygens (including phenoxy) is 1. The van der Waals surface area contributed by atoms with Gasteiger partial charge in [-0.3, -0.25) is 14.4 Å². The lowest BCUT2D eigenvalue weighted by Crippen LogP contribution is -2.66. The number of benzene rings is 1. The fourth-order valence-corrected chi connectivity index (χ4v) is 12.7. The number of esters is 1. The number of Topliss-reactive ketones (excluding diaryl/α,β-unsaturated/α-hetero) is 1. The van der Waals surface area contributed by atoms with Crippen molar-refractivity contribution in [3.63, 3.8) is 0 Å². The van der Waals surface area contributed by atoms with Crippen LogP contribution in [0, 0.1) is 45.8 Å². The second kappa shape index (κ2) is 8.35. The molecule has 41 heavy (non-hydrogen) atoms. The highest BCUT2D eigenvalue weighted by molar-refractivity contribution is 5.84. The van der Waals surface area contributed by atoms with Crippen LogP contribution < -0.4 is 5.43 Å². The van der Waals surface area contributed by atoms with Crippen LogP contribution >= 0.6 is 0 Å². The molecule has 9 atom stereocenters. The van der Waals surface area contributed by atoms with Gasteiger partial charge in [-0.2, -0.15) is 0 Å². The Labute approximate surface area is 244 Å². The number of H-pyrrole nitrogens is 1. The third-order valence-electron chi connectivity index (χ3n) is 14.6. The molecule has 0 saturated heterocycles. The van der Waals surface area contributed by atoms with E-state index in [1.165, 1.54) is 7.11 Å². The van der Waals surface area contributed by atoms with E-state index in [0.717, 1.165) is 73.5 Å². The van der Waals surface area contributed by atoms with Gasteiger partial charge in [0, 0.05) is 38.9 Å². The van der Waals surface area contributed by atoms with Crippen molar-refractivity contribution in [3.8, 4) is 0 Å². The standard InChI is InChI=1S/C36H47NO4/c1-20(38)21-14-17-36(31(40)41-7)19-18-33(4)23(27(21)36)12-13-26-34(33,5)16-15-25-32(2,3)30-28(35(25,26)6)29(39)22-10-8-9-11-24(22)37-30/h8-11,21,23,25-27H,12-19H2,1-7H3,(H,37,39)/t21-,23+,25-,26-,27+,33+,34+,35-,36-/m0/s1. The topological polar surface area (TPSA) is 76.2 Å². The van der Waals surface area contributed by atoms with Gasteiger partial charge in [-0.25, -0.2) is 0 Å². The number of fused-ring (bicyclic) bond motifs is 10. The summed E-state index contributed by atoms with van der Waals surface area (Å²) in [5.74, 6) is 1.18. The number of hydrogen-bond donors (Lipinski definition) is 1. The Morgan fingerprint density at radius 3 is 2.32 bits per heavy atom. The fraction of sp³-hybridized carbons (Fsp3) is 0.694. The number of rotatable bonds is 2. The first kappa shape index (κ1) is 27.4. The van der Waals surface area contributed by atoms with Crippen LogP contribution in [-0.2, 0) is 25.2 Å². The van der Waals surface area contributed by atoms with Crippen molar-refractivity contribution < 1.29 is 14.3 Å². The van der Waals surface area contributed by atoms with Crippen molar-refractivity contribution in [1.82, 2.24) is 4.98 Å². The molecule has 0 spiro atoms. The molecule has 1 aromatic heterocycles. The highest BCUT2D eigenvalue weighted by Gasteiger charge is 2.73. The van der Waals surface area contributed by atoms with Gasteiger partial charge in [0.1, 0.15) is 5.78 Å². The molecule has 0 unspecified atom stereocenters. The summed E-state index contributed by atoms with van der Waals surface area (Å²) in [6.45, 7) is 13.9. The predicted molar refractivity (Wildman–Crippen MR) is 161 cm³/mol. The number of ketones is 1. The second-order valence-electron chi connectivity index (χ2n) is 15.8. The first-order chi connectivity index (χ1) is 19.3. The summed E-state index contributed by atoms with van der Waals surface area (Å²) in [5.41, 5.74) is 2.44. The number of hydrogen-bond acceptors (Lipinski definition) is 4. The third-order valence-corrected chi connectivity index (χ3v) is 14.6. The number of carbonyl (C=O) groups is 2. The Balaban J connectivity index is 1.39. The number of para-hydroxylation sites is 1. The van der Waals surface area contributed by atoms with E-state index in [1.54, 1.807) is 6.92 Å². The Morgan fingerprint density at radius 2 is 1.61 bits per heavy atom. The molecule has 5 aliphatic rings. The van der Waals surface area contributed by atoms with Crippen molar-refractivity contribution >= 4 is 22.7 Å². The fourth-order valence-electron chi connectivity index (χ4n) is 12.7. The Kier molecular flexibility index (Phi) is 5.58. The van der Waals surface area contributed by atoms with Crippen LogP contribution in [0.25, 0.3) is 10.9 Å². The third kappa shape index (κ3) is 3.01. The van der Waals surface area contributed by atoms with Crippen LogP contribution in [-0.4, -0.2) is 23.8 Å². The molecule has 4 fully saturated rings. The molecule has 5 aliphatic carbocycles. The summed E-state index contributed by atoms with van der Waals surface area (Å²) in [4.78, 5) is 44.7. The quantitative estimate of drug-likeness (QED) is 0.400. The van der Waals surface area contributed by atoms with E-state index >= 15 is 0 Å². The molecule has 1 heterocycles. The number of carbonyl (C=O) groups excluding carboxylic acids is 2. The second-order valence-corrected chi connectivity index (χ2v) is 15.8. The molecular formula is C36H47NO4. The zero-order valence-corrected chi connectivity index (χ0v) is 26.0. The van der Waals surface area contributed by atoms with Gasteiger partial charge >= 0.3 is 5.97 Å². The Hall–Kier alpha value is -2.43. The van der Waals surface area contributed by atoms with Crippen LogP contribution in [0.2, 0.25) is 0 Å². The van der Waals surface area contributed by atoms with Gasteiger partial charge in [-0.05, 0) is 105 Å². The number of methoxy groups -OCH3 is 1. The number of aromatic amines is 1. The summed E-state index contributed by atoms with van der Waals surface area (Å²) in [6, 6.07) is 8.00. The number of aromatic nitrogens is 1. The molecule has 0 aliphatic heterocycles. The molecule has 5 heteroatoms. The van der Waals surface area contributed by atoms with Crippen LogP contribution in [0.4, 0.5) is 0 Å². The Bertz CT molecular complexity index is 1540. The molecule has 0 radical (unpaired) electrons. The minimum Gasteiger partial charge on any atom is -0.469 e. The molecular weight excluding hydrogens is 510 g/mol. The lowest BCUT2D eigenvalue weighted by Gasteiger charge is -2.70.